The zero-order valence-corrected chi connectivity index (χ0v) is 14.7. The largest absolute Gasteiger partial charge is 0.276 e. The van der Waals surface area contributed by atoms with Gasteiger partial charge in [-0.3, -0.25) is 19.4 Å². The highest BCUT2D eigenvalue weighted by Crippen LogP contribution is 2.53. The summed E-state index contributed by atoms with van der Waals surface area (Å²) in [4.78, 5) is 29.2. The molecule has 2 aromatic carbocycles. The first-order valence-electron chi connectivity index (χ1n) is 7.97. The highest BCUT2D eigenvalue weighted by molar-refractivity contribution is 7.20. The summed E-state index contributed by atoms with van der Waals surface area (Å²) >= 11 is 1.52. The lowest BCUT2D eigenvalue weighted by Crippen LogP contribution is -2.33. The summed E-state index contributed by atoms with van der Waals surface area (Å²) in [7, 11) is 0. The molecule has 1 aliphatic rings. The molecule has 1 aliphatic heterocycles. The number of para-hydroxylation sites is 2. The van der Waals surface area contributed by atoms with Crippen LogP contribution in [0.3, 0.4) is 0 Å². The number of fused-ring (bicyclic) bond motifs is 2. The first kappa shape index (κ1) is 15.6. The molecule has 124 valence electrons. The second kappa shape index (κ2) is 5.86. The van der Waals surface area contributed by atoms with Crippen LogP contribution in [-0.4, -0.2) is 11.8 Å². The first-order valence-corrected chi connectivity index (χ1v) is 8.79. The van der Waals surface area contributed by atoms with Crippen molar-refractivity contribution < 1.29 is 9.59 Å². The Morgan fingerprint density at radius 3 is 1.92 bits per heavy atom. The van der Waals surface area contributed by atoms with E-state index in [1.807, 2.05) is 60.7 Å². The second-order valence-corrected chi connectivity index (χ2v) is 6.90. The molecular formula is C20H16N2O2S. The fraction of sp³-hybridized carbons (Fsp3) is 0.100. The highest BCUT2D eigenvalue weighted by atomic mass is 32.1. The third-order valence-electron chi connectivity index (χ3n) is 4.19. The molecule has 5 heteroatoms. The standard InChI is InChI=1S/C20H16N2O2S/c1-13(23)21-16-10-6-7-11-17(16)22(14(2)24)20-18(21)12-19(25-20)15-8-4-3-5-9-15/h3-12H,1-2H3. The van der Waals surface area contributed by atoms with E-state index in [4.69, 9.17) is 0 Å². The van der Waals surface area contributed by atoms with E-state index in [0.29, 0.717) is 0 Å². The maximum absolute atomic E-state index is 12.4. The SMILES string of the molecule is CC(=O)N1c2ccccc2N(C(C)=O)c2sc(-c3ccccc3)cc21. The van der Waals surface area contributed by atoms with Gasteiger partial charge in [0.2, 0.25) is 11.8 Å². The van der Waals surface area contributed by atoms with Crippen LogP contribution in [0.15, 0.2) is 60.7 Å². The Labute approximate surface area is 149 Å². The van der Waals surface area contributed by atoms with Gasteiger partial charge in [0.1, 0.15) is 5.00 Å². The summed E-state index contributed by atoms with van der Waals surface area (Å²) in [5.41, 5.74) is 3.29. The van der Waals surface area contributed by atoms with Gasteiger partial charge in [0, 0.05) is 18.7 Å². The predicted octanol–water partition coefficient (Wildman–Crippen LogP) is 5.10. The molecule has 0 radical (unpaired) electrons. The molecule has 1 aromatic heterocycles. The number of nitrogens with zero attached hydrogens (tertiary/aromatic N) is 2. The van der Waals surface area contributed by atoms with Gasteiger partial charge in [-0.1, -0.05) is 42.5 Å². The van der Waals surface area contributed by atoms with E-state index in [-0.39, 0.29) is 11.8 Å². The Morgan fingerprint density at radius 1 is 0.760 bits per heavy atom. The van der Waals surface area contributed by atoms with Crippen molar-refractivity contribution >= 4 is 45.2 Å². The van der Waals surface area contributed by atoms with Crippen molar-refractivity contribution in [1.29, 1.82) is 0 Å². The quantitative estimate of drug-likeness (QED) is 0.614. The van der Waals surface area contributed by atoms with Crippen LogP contribution >= 0.6 is 11.3 Å². The Balaban J connectivity index is 1.98. The molecular weight excluding hydrogens is 332 g/mol. The average molecular weight is 348 g/mol. The van der Waals surface area contributed by atoms with E-state index in [1.54, 1.807) is 23.6 Å². The van der Waals surface area contributed by atoms with Gasteiger partial charge in [-0.15, -0.1) is 11.3 Å². The molecule has 0 unspecified atom stereocenters. The molecule has 2 amide bonds. The molecule has 0 fully saturated rings. The van der Waals surface area contributed by atoms with Gasteiger partial charge in [0.05, 0.1) is 17.1 Å². The number of benzene rings is 2. The minimum Gasteiger partial charge on any atom is -0.276 e. The summed E-state index contributed by atoms with van der Waals surface area (Å²) in [6.07, 6.45) is 0. The summed E-state index contributed by atoms with van der Waals surface area (Å²) in [5.74, 6) is -0.146. The molecule has 25 heavy (non-hydrogen) atoms. The van der Waals surface area contributed by atoms with Crippen LogP contribution in [0.4, 0.5) is 22.1 Å². The van der Waals surface area contributed by atoms with Gasteiger partial charge in [-0.2, -0.15) is 0 Å². The fourth-order valence-corrected chi connectivity index (χ4v) is 4.38. The minimum atomic E-state index is -0.0747. The molecule has 4 rings (SSSR count). The van der Waals surface area contributed by atoms with Crippen LogP contribution in [0, 0.1) is 0 Å². The lowest BCUT2D eigenvalue weighted by atomic mass is 10.1. The Bertz CT molecular complexity index is 920. The average Bonchev–Trinajstić information content (AvgIpc) is 3.03. The van der Waals surface area contributed by atoms with Crippen molar-refractivity contribution in [2.45, 2.75) is 13.8 Å². The van der Waals surface area contributed by atoms with Crippen molar-refractivity contribution in [3.05, 3.63) is 60.7 Å². The summed E-state index contributed by atoms with van der Waals surface area (Å²) < 4.78 is 0. The molecule has 0 N–H and O–H groups in total. The Hall–Kier alpha value is -2.92. The number of carbonyl (C=O) groups excluding carboxylic acids is 2. The van der Waals surface area contributed by atoms with Crippen LogP contribution in [-0.2, 0) is 9.59 Å². The molecule has 4 nitrogen and oxygen atoms in total. The van der Waals surface area contributed by atoms with Crippen LogP contribution in [0.25, 0.3) is 10.4 Å². The smallest absolute Gasteiger partial charge is 0.229 e. The van der Waals surface area contributed by atoms with Gasteiger partial charge in [0.25, 0.3) is 0 Å². The number of amides is 2. The lowest BCUT2D eigenvalue weighted by Gasteiger charge is -2.34. The van der Waals surface area contributed by atoms with Crippen molar-refractivity contribution in [2.75, 3.05) is 9.80 Å². The number of thiophene rings is 1. The minimum absolute atomic E-state index is 0.0710. The molecule has 0 aliphatic carbocycles. The third kappa shape index (κ3) is 2.44. The normalized spacial score (nSPS) is 12.6. The molecule has 0 bridgehead atoms. The molecule has 0 atom stereocenters. The van der Waals surface area contributed by atoms with Crippen LogP contribution < -0.4 is 9.80 Å². The molecule has 2 heterocycles. The predicted molar refractivity (Wildman–Crippen MR) is 102 cm³/mol. The van der Waals surface area contributed by atoms with Gasteiger partial charge in [-0.05, 0) is 23.8 Å². The van der Waals surface area contributed by atoms with E-state index in [9.17, 15) is 9.59 Å². The topological polar surface area (TPSA) is 40.6 Å². The van der Waals surface area contributed by atoms with E-state index < -0.39 is 0 Å². The van der Waals surface area contributed by atoms with Crippen molar-refractivity contribution in [3.8, 4) is 10.4 Å². The number of hydrogen-bond donors (Lipinski definition) is 0. The maximum Gasteiger partial charge on any atom is 0.229 e. The monoisotopic (exact) mass is 348 g/mol. The third-order valence-corrected chi connectivity index (χ3v) is 5.35. The van der Waals surface area contributed by atoms with E-state index >= 15 is 0 Å². The van der Waals surface area contributed by atoms with Crippen molar-refractivity contribution in [2.24, 2.45) is 0 Å². The number of rotatable bonds is 1. The van der Waals surface area contributed by atoms with E-state index in [1.165, 1.54) is 11.3 Å². The Kier molecular flexibility index (Phi) is 3.66. The van der Waals surface area contributed by atoms with Crippen LogP contribution in [0.5, 0.6) is 0 Å². The van der Waals surface area contributed by atoms with Gasteiger partial charge in [0.15, 0.2) is 0 Å². The summed E-state index contributed by atoms with van der Waals surface area (Å²) in [6, 6.07) is 19.5. The molecule has 0 spiro atoms. The maximum atomic E-state index is 12.4. The molecule has 0 saturated carbocycles. The van der Waals surface area contributed by atoms with E-state index in [2.05, 4.69) is 0 Å². The number of hydrogen-bond acceptors (Lipinski definition) is 3. The zero-order valence-electron chi connectivity index (χ0n) is 13.9. The van der Waals surface area contributed by atoms with Crippen LogP contribution in [0.2, 0.25) is 0 Å². The van der Waals surface area contributed by atoms with Gasteiger partial charge in [-0.25, -0.2) is 0 Å². The first-order chi connectivity index (χ1) is 12.1. The second-order valence-electron chi connectivity index (χ2n) is 5.86. The fourth-order valence-electron chi connectivity index (χ4n) is 3.17. The molecule has 3 aromatic rings. The molecule has 0 saturated heterocycles. The van der Waals surface area contributed by atoms with Crippen molar-refractivity contribution in [3.63, 3.8) is 0 Å². The van der Waals surface area contributed by atoms with Crippen molar-refractivity contribution in [1.82, 2.24) is 0 Å². The number of carbonyl (C=O) groups is 2. The van der Waals surface area contributed by atoms with Gasteiger partial charge < -0.3 is 0 Å². The highest BCUT2D eigenvalue weighted by Gasteiger charge is 2.34. The van der Waals surface area contributed by atoms with Crippen LogP contribution in [0.1, 0.15) is 13.8 Å². The lowest BCUT2D eigenvalue weighted by molar-refractivity contribution is -0.117. The zero-order chi connectivity index (χ0) is 17.6. The summed E-state index contributed by atoms with van der Waals surface area (Å²) in [6.45, 7) is 3.09. The van der Waals surface area contributed by atoms with Gasteiger partial charge >= 0.3 is 0 Å². The summed E-state index contributed by atoms with van der Waals surface area (Å²) in [5, 5.41) is 0.778. The number of anilines is 4. The Morgan fingerprint density at radius 2 is 1.32 bits per heavy atom. The van der Waals surface area contributed by atoms with E-state index in [0.717, 1.165) is 32.5 Å².